The summed E-state index contributed by atoms with van der Waals surface area (Å²) in [6.45, 7) is 6.45. The maximum Gasteiger partial charge on any atom is 0.0606 e. The van der Waals surface area contributed by atoms with Gasteiger partial charge in [0.05, 0.1) is 11.4 Å². The molecule has 0 atom stereocenters. The van der Waals surface area contributed by atoms with E-state index in [9.17, 15) is 0 Å². The number of nitrogens with one attached hydrogen (secondary N) is 1. The van der Waals surface area contributed by atoms with E-state index < -0.39 is 0 Å². The highest BCUT2D eigenvalue weighted by molar-refractivity contribution is 5.48. The van der Waals surface area contributed by atoms with Crippen LogP contribution in [0.3, 0.4) is 0 Å². The molecule has 0 amide bonds. The highest BCUT2D eigenvalue weighted by Crippen LogP contribution is 2.28. The zero-order valence-electron chi connectivity index (χ0n) is 11.3. The SMILES string of the molecule is CCC1CCC(Nc2ccc(C)nc2C)CC1. The van der Waals surface area contributed by atoms with Gasteiger partial charge in [0.1, 0.15) is 0 Å². The molecule has 0 bridgehead atoms. The number of nitrogens with zero attached hydrogens (tertiary/aromatic N) is 1. The lowest BCUT2D eigenvalue weighted by atomic mass is 9.84. The van der Waals surface area contributed by atoms with Crippen LogP contribution >= 0.6 is 0 Å². The minimum atomic E-state index is 0.654. The second-order valence-corrected chi connectivity index (χ2v) is 5.36. The van der Waals surface area contributed by atoms with Crippen LogP contribution in [0.4, 0.5) is 5.69 Å². The van der Waals surface area contributed by atoms with E-state index in [1.54, 1.807) is 0 Å². The Balaban J connectivity index is 1.93. The molecule has 0 unspecified atom stereocenters. The molecule has 2 nitrogen and oxygen atoms in total. The van der Waals surface area contributed by atoms with Gasteiger partial charge in [-0.15, -0.1) is 0 Å². The van der Waals surface area contributed by atoms with Crippen molar-refractivity contribution in [3.63, 3.8) is 0 Å². The van der Waals surface area contributed by atoms with Gasteiger partial charge >= 0.3 is 0 Å². The van der Waals surface area contributed by atoms with E-state index in [1.165, 1.54) is 37.8 Å². The Morgan fingerprint density at radius 3 is 2.47 bits per heavy atom. The van der Waals surface area contributed by atoms with Crippen LogP contribution in [0.15, 0.2) is 12.1 Å². The molecule has 94 valence electrons. The van der Waals surface area contributed by atoms with Crippen molar-refractivity contribution in [3.8, 4) is 0 Å². The number of aromatic nitrogens is 1. The van der Waals surface area contributed by atoms with Crippen LogP contribution in [-0.4, -0.2) is 11.0 Å². The van der Waals surface area contributed by atoms with E-state index in [2.05, 4.69) is 36.3 Å². The lowest BCUT2D eigenvalue weighted by molar-refractivity contribution is 0.330. The Kier molecular flexibility index (Phi) is 4.03. The highest BCUT2D eigenvalue weighted by atomic mass is 14.9. The largest absolute Gasteiger partial charge is 0.381 e. The van der Waals surface area contributed by atoms with Gasteiger partial charge in [0.2, 0.25) is 0 Å². The van der Waals surface area contributed by atoms with Crippen molar-refractivity contribution in [2.24, 2.45) is 5.92 Å². The molecule has 1 N–H and O–H groups in total. The molecular weight excluding hydrogens is 208 g/mol. The molecule has 2 heteroatoms. The zero-order chi connectivity index (χ0) is 12.3. The van der Waals surface area contributed by atoms with Gasteiger partial charge in [-0.25, -0.2) is 0 Å². The van der Waals surface area contributed by atoms with Crippen LogP contribution in [0.1, 0.15) is 50.4 Å². The molecule has 1 heterocycles. The van der Waals surface area contributed by atoms with E-state index >= 15 is 0 Å². The van der Waals surface area contributed by atoms with Crippen molar-refractivity contribution in [1.82, 2.24) is 4.98 Å². The highest BCUT2D eigenvalue weighted by Gasteiger charge is 2.20. The van der Waals surface area contributed by atoms with Gasteiger partial charge in [-0.1, -0.05) is 13.3 Å². The van der Waals surface area contributed by atoms with Crippen molar-refractivity contribution >= 4 is 5.69 Å². The minimum absolute atomic E-state index is 0.654. The molecule has 0 aromatic carbocycles. The summed E-state index contributed by atoms with van der Waals surface area (Å²) in [5.41, 5.74) is 3.45. The second kappa shape index (κ2) is 5.52. The monoisotopic (exact) mass is 232 g/mol. The predicted octanol–water partition coefficient (Wildman–Crippen LogP) is 4.08. The third-order valence-electron chi connectivity index (χ3n) is 4.01. The first-order valence-corrected chi connectivity index (χ1v) is 6.89. The summed E-state index contributed by atoms with van der Waals surface area (Å²) < 4.78 is 0. The molecule has 1 fully saturated rings. The third-order valence-corrected chi connectivity index (χ3v) is 4.01. The van der Waals surface area contributed by atoms with Crippen molar-refractivity contribution in [1.29, 1.82) is 0 Å². The van der Waals surface area contributed by atoms with Gasteiger partial charge in [0, 0.05) is 11.7 Å². The lowest BCUT2D eigenvalue weighted by Crippen LogP contribution is -2.26. The van der Waals surface area contributed by atoms with Crippen LogP contribution < -0.4 is 5.32 Å². The predicted molar refractivity (Wildman–Crippen MR) is 73.4 cm³/mol. The molecule has 0 radical (unpaired) electrons. The van der Waals surface area contributed by atoms with E-state index in [0.29, 0.717) is 6.04 Å². The molecule has 2 rings (SSSR count). The fourth-order valence-corrected chi connectivity index (χ4v) is 2.77. The summed E-state index contributed by atoms with van der Waals surface area (Å²) in [5, 5.41) is 3.66. The number of anilines is 1. The number of rotatable bonds is 3. The molecule has 0 aliphatic heterocycles. The topological polar surface area (TPSA) is 24.9 Å². The molecular formula is C15H24N2. The summed E-state index contributed by atoms with van der Waals surface area (Å²) in [4.78, 5) is 4.51. The summed E-state index contributed by atoms with van der Waals surface area (Å²) in [6.07, 6.45) is 6.73. The number of pyridine rings is 1. The molecule has 1 aromatic rings. The van der Waals surface area contributed by atoms with Gasteiger partial charge in [0.15, 0.2) is 0 Å². The zero-order valence-corrected chi connectivity index (χ0v) is 11.3. The van der Waals surface area contributed by atoms with Crippen molar-refractivity contribution < 1.29 is 0 Å². The van der Waals surface area contributed by atoms with Crippen LogP contribution in [0.5, 0.6) is 0 Å². The Hall–Kier alpha value is -1.05. The maximum absolute atomic E-state index is 4.51. The fourth-order valence-electron chi connectivity index (χ4n) is 2.77. The second-order valence-electron chi connectivity index (χ2n) is 5.36. The first-order valence-electron chi connectivity index (χ1n) is 6.89. The Morgan fingerprint density at radius 1 is 1.18 bits per heavy atom. The average molecular weight is 232 g/mol. The van der Waals surface area contributed by atoms with E-state index in [-0.39, 0.29) is 0 Å². The van der Waals surface area contributed by atoms with Crippen molar-refractivity contribution in [3.05, 3.63) is 23.5 Å². The molecule has 1 aromatic heterocycles. The molecule has 17 heavy (non-hydrogen) atoms. The normalized spacial score (nSPS) is 24.6. The Bertz CT molecular complexity index is 365. The van der Waals surface area contributed by atoms with Gasteiger partial charge < -0.3 is 5.32 Å². The molecule has 0 spiro atoms. The Morgan fingerprint density at radius 2 is 1.88 bits per heavy atom. The smallest absolute Gasteiger partial charge is 0.0606 e. The van der Waals surface area contributed by atoms with Crippen LogP contribution in [0.2, 0.25) is 0 Å². The summed E-state index contributed by atoms with van der Waals surface area (Å²) in [7, 11) is 0. The number of aryl methyl sites for hydroxylation is 2. The van der Waals surface area contributed by atoms with Crippen LogP contribution in [-0.2, 0) is 0 Å². The molecule has 1 saturated carbocycles. The van der Waals surface area contributed by atoms with Crippen LogP contribution in [0.25, 0.3) is 0 Å². The quantitative estimate of drug-likeness (QED) is 0.849. The first-order chi connectivity index (χ1) is 8.19. The number of hydrogen-bond acceptors (Lipinski definition) is 2. The number of hydrogen-bond donors (Lipinski definition) is 1. The van der Waals surface area contributed by atoms with Crippen molar-refractivity contribution in [2.45, 2.75) is 58.9 Å². The Labute approximate surface area is 105 Å². The van der Waals surface area contributed by atoms with E-state index in [0.717, 1.165) is 17.3 Å². The van der Waals surface area contributed by atoms with Gasteiger partial charge in [-0.05, 0) is 57.6 Å². The van der Waals surface area contributed by atoms with Gasteiger partial charge in [-0.3, -0.25) is 4.98 Å². The van der Waals surface area contributed by atoms with Crippen molar-refractivity contribution in [2.75, 3.05) is 5.32 Å². The lowest BCUT2D eigenvalue weighted by Gasteiger charge is -2.29. The van der Waals surface area contributed by atoms with E-state index in [1.807, 2.05) is 6.92 Å². The van der Waals surface area contributed by atoms with E-state index in [4.69, 9.17) is 0 Å². The van der Waals surface area contributed by atoms with Gasteiger partial charge in [0.25, 0.3) is 0 Å². The molecule has 1 aliphatic rings. The average Bonchev–Trinajstić information content (AvgIpc) is 2.34. The first kappa shape index (κ1) is 12.4. The summed E-state index contributed by atoms with van der Waals surface area (Å²) in [6, 6.07) is 4.91. The maximum atomic E-state index is 4.51. The molecule has 0 saturated heterocycles. The molecule has 1 aliphatic carbocycles. The third kappa shape index (κ3) is 3.21. The summed E-state index contributed by atoms with van der Waals surface area (Å²) >= 11 is 0. The van der Waals surface area contributed by atoms with Gasteiger partial charge in [-0.2, -0.15) is 0 Å². The minimum Gasteiger partial charge on any atom is -0.381 e. The summed E-state index contributed by atoms with van der Waals surface area (Å²) in [5.74, 6) is 0.963. The standard InChI is InChI=1S/C15H24N2/c1-4-13-6-8-14(9-7-13)17-15-10-5-11(2)16-12(15)3/h5,10,13-14,17H,4,6-9H2,1-3H3. The van der Waals surface area contributed by atoms with Crippen LogP contribution in [0, 0.1) is 19.8 Å². The fraction of sp³-hybridized carbons (Fsp3) is 0.667.